The number of carboxylic acids is 1. The molecule has 4 aliphatic rings. The number of carbonyl (C=O) groups excluding carboxylic acids is 1. The Bertz CT molecular complexity index is 938. The molecule has 45 heavy (non-hydrogen) atoms. The van der Waals surface area contributed by atoms with Crippen LogP contribution in [0.15, 0.2) is 12.2 Å². The van der Waals surface area contributed by atoms with Gasteiger partial charge in [-0.25, -0.2) is 0 Å². The molecule has 9 atom stereocenters. The third-order valence-electron chi connectivity index (χ3n) is 14.4. The monoisotopic (exact) mass is 625 g/mol. The van der Waals surface area contributed by atoms with Crippen molar-refractivity contribution in [1.82, 2.24) is 0 Å². The molecule has 0 aromatic rings. The number of aliphatic carboxylic acids is 1. The minimum Gasteiger partial charge on any atom is -0.481 e. The van der Waals surface area contributed by atoms with E-state index in [4.69, 9.17) is 0 Å². The largest absolute Gasteiger partial charge is 0.481 e. The molecule has 3 heteroatoms. The van der Waals surface area contributed by atoms with Gasteiger partial charge in [-0.15, -0.1) is 0 Å². The molecular weight excluding hydrogens is 552 g/mol. The van der Waals surface area contributed by atoms with Gasteiger partial charge in [-0.2, -0.15) is 0 Å². The van der Waals surface area contributed by atoms with E-state index in [9.17, 15) is 14.7 Å². The van der Waals surface area contributed by atoms with Crippen LogP contribution in [0.2, 0.25) is 0 Å². The fourth-order valence-electron chi connectivity index (χ4n) is 11.7. The molecule has 4 fully saturated rings. The zero-order valence-electron chi connectivity index (χ0n) is 30.1. The zero-order chi connectivity index (χ0) is 32.3. The lowest BCUT2D eigenvalue weighted by atomic mass is 9.44. The van der Waals surface area contributed by atoms with Gasteiger partial charge in [0.1, 0.15) is 5.78 Å². The summed E-state index contributed by atoms with van der Waals surface area (Å²) in [6, 6.07) is 0. The second-order valence-electron chi connectivity index (χ2n) is 17.1. The maximum Gasteiger partial charge on any atom is 0.303 e. The van der Waals surface area contributed by atoms with Gasteiger partial charge in [-0.05, 0) is 143 Å². The van der Waals surface area contributed by atoms with Crippen molar-refractivity contribution in [2.75, 3.05) is 0 Å². The number of hydrogen-bond donors (Lipinski definition) is 1. The minimum atomic E-state index is -0.640. The van der Waals surface area contributed by atoms with Crippen LogP contribution in [0.5, 0.6) is 0 Å². The average Bonchev–Trinajstić information content (AvgIpc) is 3.38. The number of ketones is 1. The summed E-state index contributed by atoms with van der Waals surface area (Å²) in [7, 11) is 0. The molecule has 4 rings (SSSR count). The third-order valence-corrected chi connectivity index (χ3v) is 14.4. The van der Waals surface area contributed by atoms with Gasteiger partial charge in [-0.1, -0.05) is 91.2 Å². The maximum absolute atomic E-state index is 13.3. The fraction of sp³-hybridized carbons (Fsp3) is 0.905. The number of Topliss-reactive ketones (excluding diaryl/α,β-unsaturated/α-hetero) is 1. The van der Waals surface area contributed by atoms with Crippen molar-refractivity contribution in [2.24, 2.45) is 52.3 Å². The van der Waals surface area contributed by atoms with Crippen molar-refractivity contribution in [3.8, 4) is 0 Å². The number of rotatable bonds is 20. The first kappa shape index (κ1) is 36.7. The molecule has 0 aromatic carbocycles. The number of fused-ring (bicyclic) bond motifs is 5. The quantitative estimate of drug-likeness (QED) is 0.108. The molecule has 3 nitrogen and oxygen atoms in total. The zero-order valence-corrected chi connectivity index (χ0v) is 30.1. The SMILES string of the molecule is CCCCCCCC/C=C\CCCCCCCC(=O)C1CC[C@@]2(C)C(CC[C@H]3[C@@H]4CC[C@H]([C@H](C)CCC(=O)O)[C@@]4(C)CC[C@@H]32)C1. The molecule has 4 saturated carbocycles. The molecule has 258 valence electrons. The van der Waals surface area contributed by atoms with Crippen LogP contribution in [0, 0.1) is 52.3 Å². The van der Waals surface area contributed by atoms with E-state index in [0.717, 1.165) is 49.4 Å². The molecule has 4 aliphatic carbocycles. The molecular formula is C42H72O3. The minimum absolute atomic E-state index is 0.321. The van der Waals surface area contributed by atoms with Gasteiger partial charge >= 0.3 is 5.97 Å². The molecule has 0 aliphatic heterocycles. The van der Waals surface area contributed by atoms with Crippen molar-refractivity contribution < 1.29 is 14.7 Å². The Morgan fingerprint density at radius 3 is 2.04 bits per heavy atom. The van der Waals surface area contributed by atoms with E-state index in [1.807, 2.05) is 0 Å². The van der Waals surface area contributed by atoms with Crippen LogP contribution >= 0.6 is 0 Å². The normalized spacial score (nSPS) is 35.1. The van der Waals surface area contributed by atoms with Crippen LogP contribution in [0.1, 0.15) is 188 Å². The molecule has 0 bridgehead atoms. The Hall–Kier alpha value is -1.12. The first-order chi connectivity index (χ1) is 21.7. The highest BCUT2D eigenvalue weighted by molar-refractivity contribution is 5.81. The van der Waals surface area contributed by atoms with Crippen LogP contribution in [-0.4, -0.2) is 16.9 Å². The summed E-state index contributed by atoms with van der Waals surface area (Å²) in [6.07, 6.45) is 35.4. The third kappa shape index (κ3) is 9.49. The van der Waals surface area contributed by atoms with Gasteiger partial charge in [0.05, 0.1) is 0 Å². The predicted octanol–water partition coefficient (Wildman–Crippen LogP) is 12.4. The lowest BCUT2D eigenvalue weighted by Crippen LogP contribution is -2.54. The topological polar surface area (TPSA) is 54.4 Å². The summed E-state index contributed by atoms with van der Waals surface area (Å²) in [5.74, 6) is 4.74. The number of carboxylic acid groups (broad SMARTS) is 1. The first-order valence-corrected chi connectivity index (χ1v) is 20.1. The van der Waals surface area contributed by atoms with Crippen molar-refractivity contribution in [1.29, 1.82) is 0 Å². The van der Waals surface area contributed by atoms with E-state index >= 15 is 0 Å². The van der Waals surface area contributed by atoms with Gasteiger partial charge in [0.15, 0.2) is 0 Å². The Balaban J connectivity index is 1.12. The Morgan fingerprint density at radius 2 is 1.36 bits per heavy atom. The molecule has 0 saturated heterocycles. The summed E-state index contributed by atoms with van der Waals surface area (Å²) in [5, 5.41) is 9.26. The van der Waals surface area contributed by atoms with Gasteiger partial charge < -0.3 is 5.11 Å². The summed E-state index contributed by atoms with van der Waals surface area (Å²) in [6.45, 7) is 9.83. The number of hydrogen-bond acceptors (Lipinski definition) is 2. The second kappa shape index (κ2) is 17.9. The molecule has 0 aromatic heterocycles. The van der Waals surface area contributed by atoms with Crippen LogP contribution in [0.3, 0.4) is 0 Å². The van der Waals surface area contributed by atoms with Crippen LogP contribution in [0.25, 0.3) is 0 Å². The highest BCUT2D eigenvalue weighted by Gasteiger charge is 2.60. The van der Waals surface area contributed by atoms with Gasteiger partial charge in [0.2, 0.25) is 0 Å². The highest BCUT2D eigenvalue weighted by atomic mass is 16.4. The number of allylic oxidation sites excluding steroid dienone is 2. The van der Waals surface area contributed by atoms with E-state index in [0.29, 0.717) is 40.8 Å². The fourth-order valence-corrected chi connectivity index (χ4v) is 11.7. The lowest BCUT2D eigenvalue weighted by molar-refractivity contribution is -0.140. The molecule has 0 spiro atoms. The summed E-state index contributed by atoms with van der Waals surface area (Å²) in [4.78, 5) is 24.6. The lowest BCUT2D eigenvalue weighted by Gasteiger charge is -2.61. The van der Waals surface area contributed by atoms with Crippen LogP contribution < -0.4 is 0 Å². The second-order valence-corrected chi connectivity index (χ2v) is 17.1. The molecule has 0 amide bonds. The van der Waals surface area contributed by atoms with E-state index in [2.05, 4.69) is 39.8 Å². The Morgan fingerprint density at radius 1 is 0.733 bits per heavy atom. The smallest absolute Gasteiger partial charge is 0.303 e. The van der Waals surface area contributed by atoms with Crippen LogP contribution in [-0.2, 0) is 9.59 Å². The molecule has 1 N–H and O–H groups in total. The van der Waals surface area contributed by atoms with E-state index in [-0.39, 0.29) is 0 Å². The van der Waals surface area contributed by atoms with Crippen LogP contribution in [0.4, 0.5) is 0 Å². The van der Waals surface area contributed by atoms with Gasteiger partial charge in [0, 0.05) is 18.8 Å². The van der Waals surface area contributed by atoms with Crippen molar-refractivity contribution in [3.63, 3.8) is 0 Å². The Kier molecular flexibility index (Phi) is 14.6. The molecule has 0 radical (unpaired) electrons. The standard InChI is InChI=1S/C42H72O3/c1-5-6-7-8-9-10-11-12-13-14-15-16-17-18-19-20-39(43)33-27-29-41(3)34(31-33)22-23-35-37-25-24-36(32(2)21-26-40(44)45)42(37,4)30-28-38(35)41/h12-13,32-38H,5-11,14-31H2,1-4H3,(H,44,45)/b13-12-/t32-,33?,34?,35+,36-,37+,38+,41+,42-/m1/s1. The van der Waals surface area contributed by atoms with E-state index in [1.165, 1.54) is 128 Å². The first-order valence-electron chi connectivity index (χ1n) is 20.1. The summed E-state index contributed by atoms with van der Waals surface area (Å²) in [5.41, 5.74) is 0.830. The van der Waals surface area contributed by atoms with Crippen molar-refractivity contribution >= 4 is 11.8 Å². The van der Waals surface area contributed by atoms with Crippen molar-refractivity contribution in [2.45, 2.75) is 188 Å². The van der Waals surface area contributed by atoms with E-state index < -0.39 is 5.97 Å². The van der Waals surface area contributed by atoms with Gasteiger partial charge in [-0.3, -0.25) is 9.59 Å². The van der Waals surface area contributed by atoms with Gasteiger partial charge in [0.25, 0.3) is 0 Å². The summed E-state index contributed by atoms with van der Waals surface area (Å²) < 4.78 is 0. The molecule has 2 unspecified atom stereocenters. The van der Waals surface area contributed by atoms with E-state index in [1.54, 1.807) is 0 Å². The predicted molar refractivity (Wildman–Crippen MR) is 189 cm³/mol. The van der Waals surface area contributed by atoms with Crippen molar-refractivity contribution in [3.05, 3.63) is 12.2 Å². The maximum atomic E-state index is 13.3. The number of unbranched alkanes of at least 4 members (excludes halogenated alkanes) is 11. The average molecular weight is 625 g/mol. The molecule has 0 heterocycles. The highest BCUT2D eigenvalue weighted by Crippen LogP contribution is 2.68. The Labute approximate surface area is 278 Å². The summed E-state index contributed by atoms with van der Waals surface area (Å²) >= 11 is 0. The number of carbonyl (C=O) groups is 2.